The maximum absolute atomic E-state index is 7.02. The lowest BCUT2D eigenvalue weighted by Crippen LogP contribution is -2.14. The third-order valence-electron chi connectivity index (χ3n) is 1.97. The van der Waals surface area contributed by atoms with Crippen LogP contribution in [-0.2, 0) is 0 Å². The van der Waals surface area contributed by atoms with E-state index in [-0.39, 0.29) is 0 Å². The van der Waals surface area contributed by atoms with Gasteiger partial charge in [-0.1, -0.05) is 6.92 Å². The predicted molar refractivity (Wildman–Crippen MR) is 38.4 cm³/mol. The fourth-order valence-electron chi connectivity index (χ4n) is 1.18. The van der Waals surface area contributed by atoms with Gasteiger partial charge in [0.25, 0.3) is 0 Å². The van der Waals surface area contributed by atoms with E-state index in [1.807, 2.05) is 0 Å². The van der Waals surface area contributed by atoms with Crippen LogP contribution in [0, 0.1) is 17.2 Å². The first-order valence-corrected chi connectivity index (χ1v) is 3.53. The van der Waals surface area contributed by atoms with Crippen molar-refractivity contribution in [3.05, 3.63) is 0 Å². The normalized spacial score (nSPS) is 21.4. The van der Waals surface area contributed by atoms with Gasteiger partial charge in [0.2, 0.25) is 0 Å². The Balaban J connectivity index is 2.17. The van der Waals surface area contributed by atoms with Crippen LogP contribution in [0.5, 0.6) is 0 Å². The molecule has 2 nitrogen and oxygen atoms in total. The van der Waals surface area contributed by atoms with Crippen molar-refractivity contribution < 1.29 is 0 Å². The van der Waals surface area contributed by atoms with E-state index < -0.39 is 0 Å². The molecule has 1 fully saturated rings. The molecule has 0 heterocycles. The van der Waals surface area contributed by atoms with Gasteiger partial charge in [-0.2, -0.15) is 0 Å². The Hall–Kier alpha value is -0.530. The standard InChI is InChI=1S/C7H14N2/c1-5(4-7(8)9)6-2-3-6/h5-6H,2-4H2,1H3,(H3,8,9). The minimum Gasteiger partial charge on any atom is -0.388 e. The summed E-state index contributed by atoms with van der Waals surface area (Å²) < 4.78 is 0. The van der Waals surface area contributed by atoms with Crippen molar-refractivity contribution in [1.29, 1.82) is 5.41 Å². The minimum absolute atomic E-state index is 0.342. The molecule has 1 rings (SSSR count). The van der Waals surface area contributed by atoms with Crippen LogP contribution in [-0.4, -0.2) is 5.84 Å². The van der Waals surface area contributed by atoms with Crippen LogP contribution in [0.15, 0.2) is 0 Å². The van der Waals surface area contributed by atoms with E-state index in [1.54, 1.807) is 0 Å². The molecule has 0 spiro atoms. The van der Waals surface area contributed by atoms with Crippen LogP contribution in [0.25, 0.3) is 0 Å². The Kier molecular flexibility index (Phi) is 1.74. The van der Waals surface area contributed by atoms with Gasteiger partial charge in [0.05, 0.1) is 5.84 Å². The summed E-state index contributed by atoms with van der Waals surface area (Å²) in [6.07, 6.45) is 3.51. The second-order valence-electron chi connectivity index (χ2n) is 3.04. The number of hydrogen-bond acceptors (Lipinski definition) is 1. The van der Waals surface area contributed by atoms with E-state index in [2.05, 4.69) is 6.92 Å². The summed E-state index contributed by atoms with van der Waals surface area (Å²) in [6.45, 7) is 2.18. The minimum atomic E-state index is 0.342. The molecule has 1 atom stereocenters. The molecule has 0 radical (unpaired) electrons. The lowest BCUT2D eigenvalue weighted by Gasteiger charge is -2.06. The summed E-state index contributed by atoms with van der Waals surface area (Å²) in [5.41, 5.74) is 5.24. The molecule has 2 heteroatoms. The average molecular weight is 126 g/mol. The zero-order valence-electron chi connectivity index (χ0n) is 5.85. The quantitative estimate of drug-likeness (QED) is 0.435. The van der Waals surface area contributed by atoms with Crippen LogP contribution in [0.1, 0.15) is 26.2 Å². The predicted octanol–water partition coefficient (Wildman–Crippen LogP) is 1.36. The van der Waals surface area contributed by atoms with Crippen LogP contribution in [0.4, 0.5) is 0 Å². The SMILES string of the molecule is CC(CC(=N)N)C1CC1. The van der Waals surface area contributed by atoms with Gasteiger partial charge < -0.3 is 5.73 Å². The molecule has 0 aromatic carbocycles. The third kappa shape index (κ3) is 2.04. The Morgan fingerprint density at radius 1 is 1.78 bits per heavy atom. The first kappa shape index (κ1) is 6.59. The topological polar surface area (TPSA) is 49.9 Å². The van der Waals surface area contributed by atoms with Gasteiger partial charge in [-0.25, -0.2) is 0 Å². The van der Waals surface area contributed by atoms with E-state index in [4.69, 9.17) is 11.1 Å². The van der Waals surface area contributed by atoms with E-state index in [0.29, 0.717) is 11.8 Å². The molecular weight excluding hydrogens is 112 g/mol. The summed E-state index contributed by atoms with van der Waals surface area (Å²) in [5, 5.41) is 7.02. The van der Waals surface area contributed by atoms with Crippen molar-refractivity contribution in [2.45, 2.75) is 26.2 Å². The van der Waals surface area contributed by atoms with Crippen molar-refractivity contribution in [2.24, 2.45) is 17.6 Å². The maximum Gasteiger partial charge on any atom is 0.0908 e. The summed E-state index contributed by atoms with van der Waals surface area (Å²) in [7, 11) is 0. The highest BCUT2D eigenvalue weighted by atomic mass is 14.7. The molecule has 0 aromatic rings. The molecule has 9 heavy (non-hydrogen) atoms. The number of nitrogens with one attached hydrogen (secondary N) is 1. The fourth-order valence-corrected chi connectivity index (χ4v) is 1.18. The molecule has 1 saturated carbocycles. The average Bonchev–Trinajstić information content (AvgIpc) is 2.40. The van der Waals surface area contributed by atoms with Gasteiger partial charge in [0.15, 0.2) is 0 Å². The number of hydrogen-bond donors (Lipinski definition) is 2. The molecule has 0 amide bonds. The molecule has 52 valence electrons. The monoisotopic (exact) mass is 126 g/mol. The van der Waals surface area contributed by atoms with Crippen LogP contribution in [0.3, 0.4) is 0 Å². The fraction of sp³-hybridized carbons (Fsp3) is 0.857. The maximum atomic E-state index is 7.02. The highest BCUT2D eigenvalue weighted by Gasteiger charge is 2.27. The molecule has 0 aromatic heterocycles. The number of nitrogens with two attached hydrogens (primary N) is 1. The van der Waals surface area contributed by atoms with Crippen LogP contribution >= 0.6 is 0 Å². The highest BCUT2D eigenvalue weighted by Crippen LogP contribution is 2.37. The summed E-state index contributed by atoms with van der Waals surface area (Å²) in [5.74, 6) is 1.88. The second-order valence-corrected chi connectivity index (χ2v) is 3.04. The first-order valence-electron chi connectivity index (χ1n) is 3.53. The van der Waals surface area contributed by atoms with Crippen molar-refractivity contribution in [3.8, 4) is 0 Å². The molecule has 1 aliphatic rings. The molecule has 1 aliphatic carbocycles. The summed E-state index contributed by atoms with van der Waals surface area (Å²) >= 11 is 0. The lowest BCUT2D eigenvalue weighted by molar-refractivity contribution is 0.527. The largest absolute Gasteiger partial charge is 0.388 e. The summed E-state index contributed by atoms with van der Waals surface area (Å²) in [4.78, 5) is 0. The molecule has 1 unspecified atom stereocenters. The number of rotatable bonds is 3. The van der Waals surface area contributed by atoms with E-state index >= 15 is 0 Å². The third-order valence-corrected chi connectivity index (χ3v) is 1.97. The van der Waals surface area contributed by atoms with E-state index in [1.165, 1.54) is 12.8 Å². The van der Waals surface area contributed by atoms with Crippen molar-refractivity contribution >= 4 is 5.84 Å². The highest BCUT2D eigenvalue weighted by molar-refractivity contribution is 5.77. The van der Waals surface area contributed by atoms with Gasteiger partial charge in [-0.15, -0.1) is 0 Å². The Bertz CT molecular complexity index is 116. The number of amidine groups is 1. The van der Waals surface area contributed by atoms with Gasteiger partial charge in [0, 0.05) is 6.42 Å². The smallest absolute Gasteiger partial charge is 0.0908 e. The Morgan fingerprint density at radius 2 is 2.33 bits per heavy atom. The van der Waals surface area contributed by atoms with Crippen molar-refractivity contribution in [2.75, 3.05) is 0 Å². The second kappa shape index (κ2) is 2.38. The van der Waals surface area contributed by atoms with E-state index in [0.717, 1.165) is 12.3 Å². The first-order chi connectivity index (χ1) is 4.20. The van der Waals surface area contributed by atoms with Crippen LogP contribution in [0.2, 0.25) is 0 Å². The molecule has 3 N–H and O–H groups in total. The molecular formula is C7H14N2. The molecule has 0 aliphatic heterocycles. The van der Waals surface area contributed by atoms with E-state index in [9.17, 15) is 0 Å². The van der Waals surface area contributed by atoms with Crippen LogP contribution < -0.4 is 5.73 Å². The van der Waals surface area contributed by atoms with Crippen molar-refractivity contribution in [3.63, 3.8) is 0 Å². The molecule has 0 bridgehead atoms. The van der Waals surface area contributed by atoms with Gasteiger partial charge in [-0.05, 0) is 24.7 Å². The lowest BCUT2D eigenvalue weighted by atomic mass is 10.0. The zero-order valence-corrected chi connectivity index (χ0v) is 5.85. The van der Waals surface area contributed by atoms with Gasteiger partial charge >= 0.3 is 0 Å². The van der Waals surface area contributed by atoms with Gasteiger partial charge in [0.1, 0.15) is 0 Å². The zero-order chi connectivity index (χ0) is 6.85. The Morgan fingerprint density at radius 3 is 2.67 bits per heavy atom. The molecule has 0 saturated heterocycles. The van der Waals surface area contributed by atoms with Gasteiger partial charge in [-0.3, -0.25) is 5.41 Å². The van der Waals surface area contributed by atoms with Crippen molar-refractivity contribution in [1.82, 2.24) is 0 Å². The Labute approximate surface area is 55.9 Å². The summed E-state index contributed by atoms with van der Waals surface area (Å²) in [6, 6.07) is 0.